The Morgan fingerprint density at radius 1 is 0.548 bits per heavy atom. The van der Waals surface area contributed by atoms with E-state index in [1.807, 2.05) is 0 Å². The van der Waals surface area contributed by atoms with Gasteiger partial charge in [-0.15, -0.1) is 5.11 Å². The zero-order valence-electron chi connectivity index (χ0n) is 38.3. The van der Waals surface area contributed by atoms with E-state index >= 15 is 0 Å². The molecule has 0 saturated heterocycles. The molecule has 6 rings (SSSR count). The van der Waals surface area contributed by atoms with E-state index in [0.29, 0.717) is 40.3 Å². The van der Waals surface area contributed by atoms with Gasteiger partial charge in [-0.1, -0.05) is 113 Å². The number of hydrogen-bond acceptors (Lipinski definition) is 8. The van der Waals surface area contributed by atoms with Gasteiger partial charge in [0.15, 0.2) is 11.5 Å². The Labute approximate surface area is 371 Å². The fourth-order valence-corrected chi connectivity index (χ4v) is 9.00. The number of unbranched alkanes of at least 4 members (excludes halogenated alkanes) is 4. The van der Waals surface area contributed by atoms with Crippen LogP contribution in [0.4, 0.5) is 11.4 Å². The van der Waals surface area contributed by atoms with Crippen LogP contribution in [0, 0.1) is 51.4 Å². The van der Waals surface area contributed by atoms with Crippen molar-refractivity contribution in [3.63, 3.8) is 0 Å². The SMILES string of the molecule is CCCCCC1CCC(C(=O)Oc2ccc(N=Nc3ccc(OC(=O)C4CCC(CCCCC)CC4)c(OCc4cc(C)ccc4C)c3OCc3cc(C)ccc3C)cc2)CC1. The van der Waals surface area contributed by atoms with Gasteiger partial charge in [-0.3, -0.25) is 9.59 Å². The molecule has 0 spiro atoms. The molecular weight excluding hydrogens is 773 g/mol. The average molecular weight is 843 g/mol. The minimum absolute atomic E-state index is 0.0531. The summed E-state index contributed by atoms with van der Waals surface area (Å²) in [5.41, 5.74) is 7.50. The summed E-state index contributed by atoms with van der Waals surface area (Å²) in [7, 11) is 0. The quantitative estimate of drug-likeness (QED) is 0.0380. The van der Waals surface area contributed by atoms with Gasteiger partial charge in [0.1, 0.15) is 24.7 Å². The molecule has 0 aromatic heterocycles. The van der Waals surface area contributed by atoms with Crippen LogP contribution in [0.15, 0.2) is 83.0 Å². The van der Waals surface area contributed by atoms with Crippen LogP contribution in [0.3, 0.4) is 0 Å². The molecule has 0 N–H and O–H groups in total. The van der Waals surface area contributed by atoms with Crippen molar-refractivity contribution < 1.29 is 28.5 Å². The molecule has 8 nitrogen and oxygen atoms in total. The zero-order chi connectivity index (χ0) is 43.8. The van der Waals surface area contributed by atoms with Crippen LogP contribution in [-0.4, -0.2) is 11.9 Å². The van der Waals surface area contributed by atoms with Crippen molar-refractivity contribution in [1.29, 1.82) is 0 Å². The lowest BCUT2D eigenvalue weighted by Crippen LogP contribution is -2.26. The highest BCUT2D eigenvalue weighted by Crippen LogP contribution is 2.47. The number of carbonyl (C=O) groups excluding carboxylic acids is 2. The third-order valence-electron chi connectivity index (χ3n) is 13.1. The van der Waals surface area contributed by atoms with Crippen molar-refractivity contribution in [2.45, 2.75) is 157 Å². The zero-order valence-corrected chi connectivity index (χ0v) is 38.3. The molecule has 332 valence electrons. The molecule has 0 unspecified atom stereocenters. The van der Waals surface area contributed by atoms with Gasteiger partial charge >= 0.3 is 11.9 Å². The van der Waals surface area contributed by atoms with Crippen LogP contribution in [0.1, 0.15) is 150 Å². The smallest absolute Gasteiger partial charge is 0.314 e. The molecule has 2 saturated carbocycles. The van der Waals surface area contributed by atoms with E-state index < -0.39 is 0 Å². The highest BCUT2D eigenvalue weighted by Gasteiger charge is 2.30. The molecule has 2 fully saturated rings. The summed E-state index contributed by atoms with van der Waals surface area (Å²) in [5, 5.41) is 9.29. The van der Waals surface area contributed by atoms with E-state index in [4.69, 9.17) is 24.1 Å². The first-order valence-electron chi connectivity index (χ1n) is 23.6. The third kappa shape index (κ3) is 13.5. The standard InChI is InChI=1S/C54H70N2O6/c1-7-9-11-13-41-19-23-43(24-20-41)53(57)61-48-29-27-47(28-30-48)55-56-49-31-32-50(62-54(58)44-25-21-42(22-26-44)14-12-10-8-2)52(60-36-46-34-38(4)16-18-40(46)6)51(49)59-35-45-33-37(3)15-17-39(45)5/h15-18,27-34,41-44H,7-14,19-26,35-36H2,1-6H3. The monoisotopic (exact) mass is 843 g/mol. The van der Waals surface area contributed by atoms with E-state index in [2.05, 4.69) is 83.1 Å². The molecule has 0 atom stereocenters. The predicted molar refractivity (Wildman–Crippen MR) is 248 cm³/mol. The lowest BCUT2D eigenvalue weighted by atomic mass is 9.80. The van der Waals surface area contributed by atoms with Gasteiger partial charge in [0.2, 0.25) is 5.75 Å². The molecule has 2 aliphatic rings. The lowest BCUT2D eigenvalue weighted by molar-refractivity contribution is -0.141. The molecule has 62 heavy (non-hydrogen) atoms. The summed E-state index contributed by atoms with van der Waals surface area (Å²) in [6, 6.07) is 23.2. The van der Waals surface area contributed by atoms with Gasteiger partial charge in [0.25, 0.3) is 0 Å². The molecule has 8 heteroatoms. The van der Waals surface area contributed by atoms with Gasteiger partial charge in [-0.25, -0.2) is 0 Å². The number of esters is 2. The molecule has 0 amide bonds. The van der Waals surface area contributed by atoms with E-state index in [9.17, 15) is 9.59 Å². The van der Waals surface area contributed by atoms with Gasteiger partial charge in [-0.05, 0) is 150 Å². The number of hydrogen-bond donors (Lipinski definition) is 0. The summed E-state index contributed by atoms with van der Waals surface area (Å²) in [6.07, 6.45) is 17.8. The number of aryl methyl sites for hydroxylation is 4. The second-order valence-electron chi connectivity index (χ2n) is 18.1. The number of nitrogens with zero attached hydrogens (tertiary/aromatic N) is 2. The second-order valence-corrected chi connectivity index (χ2v) is 18.1. The van der Waals surface area contributed by atoms with Gasteiger partial charge < -0.3 is 18.9 Å². The molecule has 0 heterocycles. The maximum absolute atomic E-state index is 13.9. The fraction of sp³-hybridized carbons (Fsp3) is 0.519. The van der Waals surface area contributed by atoms with Gasteiger partial charge in [0, 0.05) is 0 Å². The van der Waals surface area contributed by atoms with E-state index in [1.165, 1.54) is 51.4 Å². The number of carbonyl (C=O) groups is 2. The van der Waals surface area contributed by atoms with Crippen molar-refractivity contribution in [3.8, 4) is 23.0 Å². The van der Waals surface area contributed by atoms with E-state index in [-0.39, 0.29) is 37.0 Å². The molecule has 0 bridgehead atoms. The Balaban J connectivity index is 1.23. The Hall–Kier alpha value is -4.98. The van der Waals surface area contributed by atoms with E-state index in [0.717, 1.165) is 90.7 Å². The Morgan fingerprint density at radius 3 is 1.56 bits per heavy atom. The minimum atomic E-state index is -0.237. The maximum atomic E-state index is 13.9. The summed E-state index contributed by atoms with van der Waals surface area (Å²) in [6.45, 7) is 13.2. The summed E-state index contributed by atoms with van der Waals surface area (Å²) >= 11 is 0. The number of ether oxygens (including phenoxy) is 4. The number of rotatable bonds is 20. The second kappa shape index (κ2) is 23.5. The maximum Gasteiger partial charge on any atom is 0.314 e. The van der Waals surface area contributed by atoms with Crippen LogP contribution in [0.25, 0.3) is 0 Å². The molecular formula is C54H70N2O6. The highest BCUT2D eigenvalue weighted by molar-refractivity contribution is 5.78. The first kappa shape index (κ1) is 46.5. The van der Waals surface area contributed by atoms with Crippen molar-refractivity contribution in [3.05, 3.63) is 106 Å². The number of benzene rings is 4. The molecule has 4 aromatic rings. The van der Waals surface area contributed by atoms with Crippen molar-refractivity contribution in [2.24, 2.45) is 33.9 Å². The van der Waals surface area contributed by atoms with Gasteiger partial charge in [-0.2, -0.15) is 5.11 Å². The molecule has 0 aliphatic heterocycles. The number of azo groups is 1. The third-order valence-corrected chi connectivity index (χ3v) is 13.1. The van der Waals surface area contributed by atoms with Crippen molar-refractivity contribution in [1.82, 2.24) is 0 Å². The van der Waals surface area contributed by atoms with Crippen LogP contribution in [0.2, 0.25) is 0 Å². The van der Waals surface area contributed by atoms with Crippen molar-refractivity contribution >= 4 is 23.3 Å². The van der Waals surface area contributed by atoms with Gasteiger partial charge in [0.05, 0.1) is 17.5 Å². The van der Waals surface area contributed by atoms with Crippen molar-refractivity contribution in [2.75, 3.05) is 0 Å². The molecule has 2 aliphatic carbocycles. The van der Waals surface area contributed by atoms with Crippen LogP contribution in [-0.2, 0) is 22.8 Å². The highest BCUT2D eigenvalue weighted by atomic mass is 16.6. The summed E-state index contributed by atoms with van der Waals surface area (Å²) in [4.78, 5) is 27.0. The fourth-order valence-electron chi connectivity index (χ4n) is 9.00. The topological polar surface area (TPSA) is 95.8 Å². The Morgan fingerprint density at radius 2 is 1.05 bits per heavy atom. The normalized spacial score (nSPS) is 19.0. The predicted octanol–water partition coefficient (Wildman–Crippen LogP) is 15.1. The first-order valence-corrected chi connectivity index (χ1v) is 23.6. The lowest BCUT2D eigenvalue weighted by Gasteiger charge is -2.27. The summed E-state index contributed by atoms with van der Waals surface area (Å²) < 4.78 is 25.4. The Kier molecular flexibility index (Phi) is 17.6. The largest absolute Gasteiger partial charge is 0.483 e. The molecule has 0 radical (unpaired) electrons. The van der Waals surface area contributed by atoms with E-state index in [1.54, 1.807) is 36.4 Å². The Bertz CT molecular complexity index is 2090. The van der Waals surface area contributed by atoms with Crippen LogP contribution < -0.4 is 18.9 Å². The van der Waals surface area contributed by atoms with Crippen LogP contribution in [0.5, 0.6) is 23.0 Å². The average Bonchev–Trinajstić information content (AvgIpc) is 3.28. The minimum Gasteiger partial charge on any atom is -0.483 e. The summed E-state index contributed by atoms with van der Waals surface area (Å²) in [5.74, 6) is 2.25. The first-order chi connectivity index (χ1) is 30.1. The molecule has 4 aromatic carbocycles. The van der Waals surface area contributed by atoms with Crippen LogP contribution >= 0.6 is 0 Å².